The van der Waals surface area contributed by atoms with E-state index in [0.29, 0.717) is 28.5 Å². The number of ether oxygens (including phenoxy) is 1. The van der Waals surface area contributed by atoms with Crippen LogP contribution in [0.15, 0.2) is 18.2 Å². The fraction of sp³-hybridized carbons (Fsp3) is 0.714. The predicted molar refractivity (Wildman–Crippen MR) is 117 cm³/mol. The summed E-state index contributed by atoms with van der Waals surface area (Å²) in [6.45, 7) is 15.7. The lowest BCUT2D eigenvalue weighted by molar-refractivity contribution is -0.384. The molecule has 0 N–H and O–H groups in total. The lowest BCUT2D eigenvalue weighted by Crippen LogP contribution is -2.52. The van der Waals surface area contributed by atoms with Gasteiger partial charge in [0.25, 0.3) is 5.69 Å². The van der Waals surface area contributed by atoms with E-state index in [2.05, 4.69) is 46.4 Å². The highest BCUT2D eigenvalue weighted by molar-refractivity contribution is 6.77. The first-order chi connectivity index (χ1) is 13.1. The van der Waals surface area contributed by atoms with Gasteiger partial charge >= 0.3 is 0 Å². The van der Waals surface area contributed by atoms with E-state index in [1.807, 2.05) is 0 Å². The van der Waals surface area contributed by atoms with Crippen LogP contribution in [0, 0.1) is 10.1 Å². The third kappa shape index (κ3) is 4.51. The monoisotopic (exact) mass is 408 g/mol. The zero-order valence-corrected chi connectivity index (χ0v) is 19.4. The first-order valence-corrected chi connectivity index (χ1v) is 12.5. The van der Waals surface area contributed by atoms with Crippen molar-refractivity contribution in [1.29, 1.82) is 0 Å². The molecule has 1 aromatic carbocycles. The second-order valence-electron chi connectivity index (χ2n) is 8.74. The number of nitro benzene ring substituents is 1. The molecule has 2 rings (SSSR count). The van der Waals surface area contributed by atoms with Gasteiger partial charge in [0.1, 0.15) is 5.75 Å². The average Bonchev–Trinajstić information content (AvgIpc) is 2.65. The number of nitro groups is 1. The van der Waals surface area contributed by atoms with Crippen LogP contribution in [0.2, 0.25) is 16.6 Å². The average molecular weight is 409 g/mol. The Bertz CT molecular complexity index is 649. The highest BCUT2D eigenvalue weighted by atomic mass is 28.4. The van der Waals surface area contributed by atoms with E-state index in [4.69, 9.17) is 9.16 Å². The number of nitrogens with zero attached hydrogens (tertiary/aromatic N) is 2. The summed E-state index contributed by atoms with van der Waals surface area (Å²) in [5, 5.41) is 11.0. The van der Waals surface area contributed by atoms with Gasteiger partial charge in [0, 0.05) is 25.3 Å². The number of anilines is 1. The van der Waals surface area contributed by atoms with E-state index in [1.165, 1.54) is 6.07 Å². The molecule has 1 aliphatic heterocycles. The number of hydrogen-bond acceptors (Lipinski definition) is 5. The zero-order chi connectivity index (χ0) is 21.1. The number of piperidine rings is 1. The van der Waals surface area contributed by atoms with Gasteiger partial charge in [0.15, 0.2) is 0 Å². The molecule has 0 aromatic heterocycles. The van der Waals surface area contributed by atoms with Crippen LogP contribution in [0.3, 0.4) is 0 Å². The van der Waals surface area contributed by atoms with Crippen molar-refractivity contribution in [2.45, 2.75) is 77.1 Å². The van der Waals surface area contributed by atoms with Crippen molar-refractivity contribution in [3.8, 4) is 5.75 Å². The summed E-state index contributed by atoms with van der Waals surface area (Å²) in [6, 6.07) is 4.86. The molecule has 0 unspecified atom stereocenters. The lowest BCUT2D eigenvalue weighted by Gasteiger charge is -2.46. The molecule has 0 atom stereocenters. The number of methoxy groups -OCH3 is 1. The van der Waals surface area contributed by atoms with Gasteiger partial charge in [0.05, 0.1) is 23.8 Å². The van der Waals surface area contributed by atoms with Crippen molar-refractivity contribution >= 4 is 19.7 Å². The molecule has 28 heavy (non-hydrogen) atoms. The molecule has 1 heterocycles. The van der Waals surface area contributed by atoms with Crippen molar-refractivity contribution < 1.29 is 14.1 Å². The van der Waals surface area contributed by atoms with Gasteiger partial charge in [-0.05, 0) is 35.5 Å². The first-order valence-electron chi connectivity index (χ1n) is 10.4. The first kappa shape index (κ1) is 22.7. The Labute approximate surface area is 170 Å². The summed E-state index contributed by atoms with van der Waals surface area (Å²) in [7, 11) is -0.311. The maximum Gasteiger partial charge on any atom is 0.273 e. The van der Waals surface area contributed by atoms with Crippen LogP contribution >= 0.6 is 0 Å². The van der Waals surface area contributed by atoms with Crippen LogP contribution in [0.1, 0.15) is 54.4 Å². The molecule has 158 valence electrons. The highest BCUT2D eigenvalue weighted by Gasteiger charge is 2.46. The molecule has 0 radical (unpaired) electrons. The molecule has 0 spiro atoms. The molecule has 1 aliphatic rings. The van der Waals surface area contributed by atoms with E-state index in [9.17, 15) is 10.1 Å². The molecule has 0 aliphatic carbocycles. The van der Waals surface area contributed by atoms with Crippen molar-refractivity contribution in [3.63, 3.8) is 0 Å². The Kier molecular flexibility index (Phi) is 7.50. The largest absolute Gasteiger partial charge is 0.494 e. The van der Waals surface area contributed by atoms with Gasteiger partial charge < -0.3 is 14.1 Å². The minimum absolute atomic E-state index is 0.0559. The SMILES string of the molecule is COc1cc([N+](=O)[O-])ccc1N1CCC(O[Si](C(C)C)(C(C)C)C(C)C)CC1. The van der Waals surface area contributed by atoms with E-state index >= 15 is 0 Å². The number of hydrogen-bond donors (Lipinski definition) is 0. The Balaban J connectivity index is 2.11. The second kappa shape index (κ2) is 9.26. The van der Waals surface area contributed by atoms with E-state index < -0.39 is 8.32 Å². The van der Waals surface area contributed by atoms with E-state index in [0.717, 1.165) is 31.6 Å². The molecule has 6 nitrogen and oxygen atoms in total. The topological polar surface area (TPSA) is 64.8 Å². The summed E-state index contributed by atoms with van der Waals surface area (Å²) >= 11 is 0. The lowest BCUT2D eigenvalue weighted by atomic mass is 10.1. The van der Waals surface area contributed by atoms with E-state index in [1.54, 1.807) is 19.2 Å². The van der Waals surface area contributed by atoms with Crippen LogP contribution in [0.4, 0.5) is 11.4 Å². The predicted octanol–water partition coefficient (Wildman–Crippen LogP) is 5.76. The van der Waals surface area contributed by atoms with Crippen molar-refractivity contribution in [2.24, 2.45) is 0 Å². The van der Waals surface area contributed by atoms with Crippen LogP contribution < -0.4 is 9.64 Å². The Morgan fingerprint density at radius 1 is 1.07 bits per heavy atom. The molecule has 0 bridgehead atoms. The summed E-state index contributed by atoms with van der Waals surface area (Å²) in [5.74, 6) is 0.559. The highest BCUT2D eigenvalue weighted by Crippen LogP contribution is 2.44. The Hall–Kier alpha value is -1.60. The number of non-ortho nitro benzene ring substituents is 1. The van der Waals surface area contributed by atoms with Gasteiger partial charge in [-0.25, -0.2) is 0 Å². The minimum atomic E-state index is -1.87. The Morgan fingerprint density at radius 3 is 2.04 bits per heavy atom. The van der Waals surface area contributed by atoms with Gasteiger partial charge in [-0.2, -0.15) is 0 Å². The maximum atomic E-state index is 11.0. The van der Waals surface area contributed by atoms with E-state index in [-0.39, 0.29) is 10.6 Å². The molecule has 0 amide bonds. The molecular formula is C21H36N2O4Si. The van der Waals surface area contributed by atoms with Crippen LogP contribution in [0.25, 0.3) is 0 Å². The third-order valence-electron chi connectivity index (χ3n) is 6.23. The molecular weight excluding hydrogens is 372 g/mol. The van der Waals surface area contributed by atoms with Crippen molar-refractivity contribution in [3.05, 3.63) is 28.3 Å². The Morgan fingerprint density at radius 2 is 1.61 bits per heavy atom. The summed E-state index contributed by atoms with van der Waals surface area (Å²) < 4.78 is 12.4. The quantitative estimate of drug-likeness (QED) is 0.311. The molecule has 1 saturated heterocycles. The van der Waals surface area contributed by atoms with Crippen LogP contribution in [-0.4, -0.2) is 39.5 Å². The summed E-state index contributed by atoms with van der Waals surface area (Å²) in [4.78, 5) is 12.9. The summed E-state index contributed by atoms with van der Waals surface area (Å²) in [5.41, 5.74) is 2.73. The van der Waals surface area contributed by atoms with Gasteiger partial charge in [-0.1, -0.05) is 41.5 Å². The van der Waals surface area contributed by atoms with Gasteiger partial charge in [-0.3, -0.25) is 10.1 Å². The van der Waals surface area contributed by atoms with Gasteiger partial charge in [-0.15, -0.1) is 0 Å². The molecule has 1 aromatic rings. The normalized spacial score (nSPS) is 16.3. The molecule has 0 saturated carbocycles. The minimum Gasteiger partial charge on any atom is -0.494 e. The molecule has 1 fully saturated rings. The number of benzene rings is 1. The molecule has 7 heteroatoms. The fourth-order valence-electron chi connectivity index (χ4n) is 4.95. The smallest absolute Gasteiger partial charge is 0.273 e. The van der Waals surface area contributed by atoms with Crippen LogP contribution in [-0.2, 0) is 4.43 Å². The number of rotatable bonds is 8. The standard InChI is InChI=1S/C21H36N2O4Si/c1-15(2)28(16(3)4,17(5)6)27-19-10-12-22(13-11-19)20-9-8-18(23(24)25)14-21(20)26-7/h8-9,14-17,19H,10-13H2,1-7H3. The van der Waals surface area contributed by atoms with Crippen LogP contribution in [0.5, 0.6) is 5.75 Å². The fourth-order valence-corrected chi connectivity index (χ4v) is 10.6. The van der Waals surface area contributed by atoms with Crippen molar-refractivity contribution in [2.75, 3.05) is 25.1 Å². The maximum absolute atomic E-state index is 11.0. The van der Waals surface area contributed by atoms with Gasteiger partial charge in [0.2, 0.25) is 8.32 Å². The third-order valence-corrected chi connectivity index (χ3v) is 12.4. The second-order valence-corrected chi connectivity index (χ2v) is 14.1. The zero-order valence-electron chi connectivity index (χ0n) is 18.4. The van der Waals surface area contributed by atoms with Crippen molar-refractivity contribution in [1.82, 2.24) is 0 Å². The summed E-state index contributed by atoms with van der Waals surface area (Å²) in [6.07, 6.45) is 2.24.